The van der Waals surface area contributed by atoms with Gasteiger partial charge in [-0.25, -0.2) is 4.39 Å². The third kappa shape index (κ3) is 16.7. The molecule has 2 atom stereocenters. The zero-order valence-corrected chi connectivity index (χ0v) is 26.3. The molecular weight excluding hydrogens is 485 g/mol. The van der Waals surface area contributed by atoms with E-state index in [0.29, 0.717) is 12.2 Å². The third-order valence-corrected chi connectivity index (χ3v) is 8.21. The number of halogens is 1. The smallest absolute Gasteiger partial charge is 0.251 e. The second kappa shape index (κ2) is 17.5. The summed E-state index contributed by atoms with van der Waals surface area (Å²) in [5.74, 6) is -0.552. The Balaban J connectivity index is 2.67. The summed E-state index contributed by atoms with van der Waals surface area (Å²) in [6.07, 6.45) is 15.2. The van der Waals surface area contributed by atoms with E-state index < -0.39 is 16.6 Å². The van der Waals surface area contributed by atoms with Crippen LogP contribution in [0.5, 0.6) is 0 Å². The Labute approximate surface area is 223 Å². The lowest BCUT2D eigenvalue weighted by Crippen LogP contribution is -2.51. The SMILES string of the molecule is CCCCCCCCCCCCCC(O[Si](C)(C)C)C(CO[Si](C)(C)C)NC(=O)c1ccc(F)cc1. The van der Waals surface area contributed by atoms with E-state index in [-0.39, 0.29) is 23.9 Å². The molecule has 4 nitrogen and oxygen atoms in total. The van der Waals surface area contributed by atoms with Gasteiger partial charge < -0.3 is 14.2 Å². The van der Waals surface area contributed by atoms with Crippen molar-refractivity contribution in [3.05, 3.63) is 35.6 Å². The quantitative estimate of drug-likeness (QED) is 0.133. The van der Waals surface area contributed by atoms with Crippen LogP contribution in [0.1, 0.15) is 94.3 Å². The molecule has 0 aromatic heterocycles. The molecule has 0 saturated carbocycles. The van der Waals surface area contributed by atoms with Gasteiger partial charge in [-0.1, -0.05) is 77.6 Å². The van der Waals surface area contributed by atoms with Gasteiger partial charge in [0, 0.05) is 5.56 Å². The summed E-state index contributed by atoms with van der Waals surface area (Å²) < 4.78 is 26.2. The highest BCUT2D eigenvalue weighted by atomic mass is 28.4. The number of amides is 1. The molecule has 1 aromatic carbocycles. The van der Waals surface area contributed by atoms with Crippen LogP contribution < -0.4 is 5.32 Å². The lowest BCUT2D eigenvalue weighted by Gasteiger charge is -2.34. The molecule has 0 fully saturated rings. The standard InChI is InChI=1S/C29H54FNO3Si2/c1-8-9-10-11-12-13-14-15-16-17-18-19-28(34-36(5,6)7)27(24-33-35(2,3)4)31-29(32)25-20-22-26(30)23-21-25/h20-23,27-28H,8-19,24H2,1-7H3,(H,31,32). The summed E-state index contributed by atoms with van der Waals surface area (Å²) in [6, 6.07) is 5.47. The Bertz CT molecular complexity index is 717. The maximum atomic E-state index is 13.3. The second-order valence-electron chi connectivity index (χ2n) is 12.1. The van der Waals surface area contributed by atoms with Gasteiger partial charge >= 0.3 is 0 Å². The molecule has 0 radical (unpaired) electrons. The summed E-state index contributed by atoms with van der Waals surface area (Å²) in [4.78, 5) is 13.0. The maximum Gasteiger partial charge on any atom is 0.251 e. The molecule has 0 aliphatic carbocycles. The van der Waals surface area contributed by atoms with Crippen molar-refractivity contribution < 1.29 is 18.0 Å². The van der Waals surface area contributed by atoms with Gasteiger partial charge in [0.25, 0.3) is 5.91 Å². The lowest BCUT2D eigenvalue weighted by atomic mass is 10.0. The topological polar surface area (TPSA) is 47.6 Å². The first kappa shape index (κ1) is 33.0. The molecule has 0 aliphatic heterocycles. The molecule has 0 bridgehead atoms. The first-order valence-electron chi connectivity index (χ1n) is 14.3. The normalized spacial score (nSPS) is 14.0. The van der Waals surface area contributed by atoms with Gasteiger partial charge in [0.05, 0.1) is 18.8 Å². The Morgan fingerprint density at radius 3 is 1.78 bits per heavy atom. The molecule has 0 spiro atoms. The number of rotatable bonds is 20. The van der Waals surface area contributed by atoms with E-state index in [0.717, 1.165) is 12.8 Å². The van der Waals surface area contributed by atoms with Crippen molar-refractivity contribution in [3.8, 4) is 0 Å². The fraction of sp³-hybridized carbons (Fsp3) is 0.759. The van der Waals surface area contributed by atoms with Crippen LogP contribution in [0, 0.1) is 5.82 Å². The van der Waals surface area contributed by atoms with E-state index in [1.165, 1.54) is 88.5 Å². The van der Waals surface area contributed by atoms with Crippen molar-refractivity contribution in [2.24, 2.45) is 0 Å². The summed E-state index contributed by atoms with van der Waals surface area (Å²) in [5, 5.41) is 3.17. The average molecular weight is 540 g/mol. The van der Waals surface area contributed by atoms with E-state index in [4.69, 9.17) is 8.85 Å². The Morgan fingerprint density at radius 1 is 0.806 bits per heavy atom. The molecule has 1 amide bonds. The fourth-order valence-electron chi connectivity index (χ4n) is 4.24. The van der Waals surface area contributed by atoms with Crippen molar-refractivity contribution in [2.45, 2.75) is 135 Å². The van der Waals surface area contributed by atoms with Crippen molar-refractivity contribution >= 4 is 22.5 Å². The van der Waals surface area contributed by atoms with Crippen LogP contribution in [0.15, 0.2) is 24.3 Å². The molecule has 1 aromatic rings. The summed E-state index contributed by atoms with van der Waals surface area (Å²) in [6.45, 7) is 15.8. The number of nitrogens with one attached hydrogen (secondary N) is 1. The fourth-order valence-corrected chi connectivity index (χ4v) is 6.11. The van der Waals surface area contributed by atoms with Gasteiger partial charge in [-0.3, -0.25) is 4.79 Å². The van der Waals surface area contributed by atoms with Crippen LogP contribution in [-0.4, -0.2) is 41.3 Å². The molecule has 0 saturated heterocycles. The minimum Gasteiger partial charge on any atom is -0.415 e. The number of benzene rings is 1. The van der Waals surface area contributed by atoms with Crippen molar-refractivity contribution in [1.82, 2.24) is 5.32 Å². The van der Waals surface area contributed by atoms with E-state index in [9.17, 15) is 9.18 Å². The van der Waals surface area contributed by atoms with E-state index in [1.54, 1.807) is 0 Å². The number of carbonyl (C=O) groups is 1. The van der Waals surface area contributed by atoms with Crippen molar-refractivity contribution in [3.63, 3.8) is 0 Å². The van der Waals surface area contributed by atoms with E-state index >= 15 is 0 Å². The lowest BCUT2D eigenvalue weighted by molar-refractivity contribution is 0.0748. The molecule has 0 aliphatic rings. The van der Waals surface area contributed by atoms with Crippen LogP contribution in [0.4, 0.5) is 4.39 Å². The molecular formula is C29H54FNO3Si2. The van der Waals surface area contributed by atoms with Crippen LogP contribution in [0.25, 0.3) is 0 Å². The van der Waals surface area contributed by atoms with Gasteiger partial charge in [0.2, 0.25) is 0 Å². The zero-order chi connectivity index (χ0) is 27.0. The number of unbranched alkanes of at least 4 members (excludes halogenated alkanes) is 10. The van der Waals surface area contributed by atoms with Crippen LogP contribution in [0.3, 0.4) is 0 Å². The highest BCUT2D eigenvalue weighted by Crippen LogP contribution is 2.20. The largest absolute Gasteiger partial charge is 0.415 e. The Morgan fingerprint density at radius 2 is 1.31 bits per heavy atom. The van der Waals surface area contributed by atoms with Gasteiger partial charge in [-0.15, -0.1) is 0 Å². The highest BCUT2D eigenvalue weighted by molar-refractivity contribution is 6.70. The van der Waals surface area contributed by atoms with Gasteiger partial charge in [-0.2, -0.15) is 0 Å². The monoisotopic (exact) mass is 539 g/mol. The number of carbonyl (C=O) groups excluding carboxylic acids is 1. The van der Waals surface area contributed by atoms with Gasteiger partial charge in [0.15, 0.2) is 16.6 Å². The van der Waals surface area contributed by atoms with E-state index in [2.05, 4.69) is 51.5 Å². The van der Waals surface area contributed by atoms with Crippen molar-refractivity contribution in [2.75, 3.05) is 6.61 Å². The predicted molar refractivity (Wildman–Crippen MR) is 156 cm³/mol. The van der Waals surface area contributed by atoms with Crippen LogP contribution in [0.2, 0.25) is 39.3 Å². The summed E-state index contributed by atoms with van der Waals surface area (Å²) >= 11 is 0. The summed E-state index contributed by atoms with van der Waals surface area (Å²) in [5.41, 5.74) is 0.454. The molecule has 36 heavy (non-hydrogen) atoms. The Hall–Kier alpha value is -1.03. The van der Waals surface area contributed by atoms with Crippen LogP contribution >= 0.6 is 0 Å². The minimum absolute atomic E-state index is 0.0871. The van der Waals surface area contributed by atoms with Gasteiger partial charge in [-0.05, 0) is 70.0 Å². The highest BCUT2D eigenvalue weighted by Gasteiger charge is 2.31. The first-order valence-corrected chi connectivity index (χ1v) is 21.1. The molecule has 7 heteroatoms. The summed E-state index contributed by atoms with van der Waals surface area (Å²) in [7, 11) is -3.62. The molecule has 1 N–H and O–H groups in total. The van der Waals surface area contributed by atoms with E-state index in [1.807, 2.05) is 0 Å². The minimum atomic E-state index is -1.84. The number of hydrogen-bond acceptors (Lipinski definition) is 3. The zero-order valence-electron chi connectivity index (χ0n) is 24.3. The second-order valence-corrected chi connectivity index (χ2v) is 21.1. The maximum absolute atomic E-state index is 13.3. The molecule has 208 valence electrons. The third-order valence-electron chi connectivity index (χ3n) is 6.16. The molecule has 2 unspecified atom stereocenters. The molecule has 0 heterocycles. The molecule has 1 rings (SSSR count). The van der Waals surface area contributed by atoms with Crippen LogP contribution in [-0.2, 0) is 8.85 Å². The predicted octanol–water partition coefficient (Wildman–Crippen LogP) is 8.70. The Kier molecular flexibility index (Phi) is 16.0. The van der Waals surface area contributed by atoms with Crippen molar-refractivity contribution in [1.29, 1.82) is 0 Å². The number of hydrogen-bond donors (Lipinski definition) is 1. The average Bonchev–Trinajstić information content (AvgIpc) is 2.78. The first-order chi connectivity index (χ1) is 16.9. The van der Waals surface area contributed by atoms with Gasteiger partial charge in [0.1, 0.15) is 5.82 Å².